The standard InChI is InChI=1S/C7H8N.Re/c1-8-7-5-3-2-4-6-7;/h2-3,5-6,8H,1H3;/q-1;. The Morgan fingerprint density at radius 3 is 2.67 bits per heavy atom. The van der Waals surface area contributed by atoms with Gasteiger partial charge in [-0.15, -0.1) is 0 Å². The van der Waals surface area contributed by atoms with Crippen molar-refractivity contribution in [3.05, 3.63) is 30.3 Å². The molecule has 0 aliphatic rings. The van der Waals surface area contributed by atoms with E-state index in [9.17, 15) is 0 Å². The fraction of sp³-hybridized carbons (Fsp3) is 0.143. The van der Waals surface area contributed by atoms with Crippen LogP contribution in [0, 0.1) is 6.07 Å². The van der Waals surface area contributed by atoms with Gasteiger partial charge in [0.15, 0.2) is 0 Å². The summed E-state index contributed by atoms with van der Waals surface area (Å²) in [6.07, 6.45) is 0. The van der Waals surface area contributed by atoms with Gasteiger partial charge < -0.3 is 5.32 Å². The zero-order valence-corrected chi connectivity index (χ0v) is 7.90. The minimum Gasteiger partial charge on any atom is -0.439 e. The second-order valence-electron chi connectivity index (χ2n) is 1.54. The van der Waals surface area contributed by atoms with Crippen molar-refractivity contribution in [2.75, 3.05) is 12.4 Å². The second kappa shape index (κ2) is 4.55. The van der Waals surface area contributed by atoms with E-state index in [1.165, 1.54) is 0 Å². The molecule has 1 aromatic carbocycles. The van der Waals surface area contributed by atoms with Crippen LogP contribution < -0.4 is 5.32 Å². The van der Waals surface area contributed by atoms with Gasteiger partial charge >= 0.3 is 0 Å². The van der Waals surface area contributed by atoms with Crippen molar-refractivity contribution in [2.45, 2.75) is 0 Å². The first-order chi connectivity index (χ1) is 3.93. The van der Waals surface area contributed by atoms with Gasteiger partial charge in [0.05, 0.1) is 0 Å². The Morgan fingerprint density at radius 1 is 1.56 bits per heavy atom. The van der Waals surface area contributed by atoms with E-state index in [1.807, 2.05) is 31.3 Å². The third kappa shape index (κ3) is 2.65. The van der Waals surface area contributed by atoms with Gasteiger partial charge in [0.25, 0.3) is 0 Å². The van der Waals surface area contributed by atoms with E-state index in [0.29, 0.717) is 0 Å². The van der Waals surface area contributed by atoms with E-state index in [-0.39, 0.29) is 20.4 Å². The van der Waals surface area contributed by atoms with Crippen molar-refractivity contribution in [1.29, 1.82) is 0 Å². The number of hydrogen-bond donors (Lipinski definition) is 1. The maximum Gasteiger partial charge on any atom is 0 e. The van der Waals surface area contributed by atoms with E-state index in [1.54, 1.807) is 0 Å². The van der Waals surface area contributed by atoms with Crippen molar-refractivity contribution in [3.8, 4) is 0 Å². The van der Waals surface area contributed by atoms with Gasteiger partial charge in [0, 0.05) is 20.4 Å². The normalized spacial score (nSPS) is 7.67. The molecule has 0 aliphatic carbocycles. The van der Waals surface area contributed by atoms with Gasteiger partial charge in [-0.1, -0.05) is 5.69 Å². The largest absolute Gasteiger partial charge is 0.439 e. The molecule has 1 rings (SSSR count). The van der Waals surface area contributed by atoms with Gasteiger partial charge in [-0.2, -0.15) is 30.3 Å². The Balaban J connectivity index is 0.000000640. The summed E-state index contributed by atoms with van der Waals surface area (Å²) in [5.41, 5.74) is 1.10. The van der Waals surface area contributed by atoms with Crippen LogP contribution in [0.4, 0.5) is 5.69 Å². The number of nitrogens with one attached hydrogen (secondary N) is 1. The monoisotopic (exact) mass is 293 g/mol. The van der Waals surface area contributed by atoms with E-state index in [4.69, 9.17) is 0 Å². The molecule has 0 aromatic heterocycles. The molecule has 1 N–H and O–H groups in total. The van der Waals surface area contributed by atoms with Gasteiger partial charge in [-0.25, -0.2) is 0 Å². The average molecular weight is 292 g/mol. The number of rotatable bonds is 1. The van der Waals surface area contributed by atoms with Crippen molar-refractivity contribution >= 4 is 5.69 Å². The predicted molar refractivity (Wildman–Crippen MR) is 34.8 cm³/mol. The van der Waals surface area contributed by atoms with Crippen molar-refractivity contribution < 1.29 is 20.4 Å². The minimum atomic E-state index is 0. The molecule has 1 nitrogen and oxygen atoms in total. The molecule has 0 bridgehead atoms. The minimum absolute atomic E-state index is 0. The first-order valence-corrected chi connectivity index (χ1v) is 2.57. The average Bonchev–Trinajstić information content (AvgIpc) is 1.90. The second-order valence-corrected chi connectivity index (χ2v) is 1.54. The van der Waals surface area contributed by atoms with Gasteiger partial charge in [0.1, 0.15) is 0 Å². The van der Waals surface area contributed by atoms with E-state index in [0.717, 1.165) is 5.69 Å². The Labute approximate surface area is 69.1 Å². The van der Waals surface area contributed by atoms with Crippen molar-refractivity contribution in [3.63, 3.8) is 0 Å². The van der Waals surface area contributed by atoms with Crippen LogP contribution in [0.5, 0.6) is 0 Å². The summed E-state index contributed by atoms with van der Waals surface area (Å²) in [6.45, 7) is 0. The quantitative estimate of drug-likeness (QED) is 0.774. The van der Waals surface area contributed by atoms with Gasteiger partial charge in [-0.05, 0) is 7.05 Å². The van der Waals surface area contributed by atoms with Crippen LogP contribution in [0.1, 0.15) is 0 Å². The first kappa shape index (κ1) is 8.68. The smallest absolute Gasteiger partial charge is 0 e. The summed E-state index contributed by atoms with van der Waals surface area (Å²) in [4.78, 5) is 0. The summed E-state index contributed by atoms with van der Waals surface area (Å²) in [5, 5.41) is 3.00. The van der Waals surface area contributed by atoms with Crippen LogP contribution in [0.15, 0.2) is 24.3 Å². The van der Waals surface area contributed by atoms with Crippen molar-refractivity contribution in [2.24, 2.45) is 0 Å². The van der Waals surface area contributed by atoms with Crippen LogP contribution in [0.3, 0.4) is 0 Å². The fourth-order valence-electron chi connectivity index (χ4n) is 0.549. The number of hydrogen-bond acceptors (Lipinski definition) is 1. The molecule has 1 aromatic rings. The van der Waals surface area contributed by atoms with E-state index in [2.05, 4.69) is 11.4 Å². The third-order valence-electron chi connectivity index (χ3n) is 0.996. The Morgan fingerprint density at radius 2 is 2.33 bits per heavy atom. The molecule has 0 amide bonds. The molecule has 0 spiro atoms. The molecule has 9 heavy (non-hydrogen) atoms. The van der Waals surface area contributed by atoms with Gasteiger partial charge in [-0.3, -0.25) is 0 Å². The van der Waals surface area contributed by atoms with E-state index >= 15 is 0 Å². The molecule has 0 unspecified atom stereocenters. The van der Waals surface area contributed by atoms with Crippen LogP contribution in [0.2, 0.25) is 0 Å². The molecular weight excluding hydrogens is 284 g/mol. The summed E-state index contributed by atoms with van der Waals surface area (Å²) < 4.78 is 0. The first-order valence-electron chi connectivity index (χ1n) is 2.57. The van der Waals surface area contributed by atoms with Crippen LogP contribution in [-0.2, 0) is 20.4 Å². The third-order valence-corrected chi connectivity index (χ3v) is 0.996. The summed E-state index contributed by atoms with van der Waals surface area (Å²) >= 11 is 0. The molecule has 0 aliphatic heterocycles. The Kier molecular flexibility index (Phi) is 4.39. The Bertz CT molecular complexity index is 150. The molecule has 49 valence electrons. The molecule has 0 fully saturated rings. The zero-order valence-electron chi connectivity index (χ0n) is 5.19. The summed E-state index contributed by atoms with van der Waals surface area (Å²) in [5.74, 6) is 0. The number of benzene rings is 1. The topological polar surface area (TPSA) is 12.0 Å². The van der Waals surface area contributed by atoms with Gasteiger partial charge in [0.2, 0.25) is 0 Å². The molecule has 2 heteroatoms. The molecule has 0 saturated heterocycles. The Hall–Kier alpha value is -0.318. The molecule has 0 saturated carbocycles. The molecule has 1 radical (unpaired) electrons. The van der Waals surface area contributed by atoms with Crippen LogP contribution in [0.25, 0.3) is 0 Å². The summed E-state index contributed by atoms with van der Waals surface area (Å²) in [7, 11) is 1.89. The van der Waals surface area contributed by atoms with E-state index < -0.39 is 0 Å². The van der Waals surface area contributed by atoms with Crippen LogP contribution >= 0.6 is 0 Å². The van der Waals surface area contributed by atoms with Crippen LogP contribution in [-0.4, -0.2) is 7.05 Å². The zero-order chi connectivity index (χ0) is 5.82. The summed E-state index contributed by atoms with van der Waals surface area (Å²) in [6, 6.07) is 10.7. The maximum absolute atomic E-state index is 3.00. The fourth-order valence-corrected chi connectivity index (χ4v) is 0.549. The predicted octanol–water partition coefficient (Wildman–Crippen LogP) is 1.53. The maximum atomic E-state index is 3.00. The molecule has 0 atom stereocenters. The number of anilines is 1. The molecular formula is C7H8NRe-. The SMILES string of the molecule is CNc1c[c-]ccc1.[Re]. The van der Waals surface area contributed by atoms with Crippen molar-refractivity contribution in [1.82, 2.24) is 0 Å². The molecule has 0 heterocycles.